The number of alkyl carbamates (subject to hydrolysis) is 1. The quantitative estimate of drug-likeness (QED) is 0.426. The normalized spacial score (nSPS) is 13.5. The summed E-state index contributed by atoms with van der Waals surface area (Å²) in [5.41, 5.74) is 6.82. The molecule has 1 aliphatic carbocycles. The van der Waals surface area contributed by atoms with Gasteiger partial charge in [0, 0.05) is 12.3 Å². The van der Waals surface area contributed by atoms with E-state index in [0.717, 1.165) is 44.7 Å². The fourth-order valence-corrected chi connectivity index (χ4v) is 4.87. The van der Waals surface area contributed by atoms with Gasteiger partial charge >= 0.3 is 12.1 Å². The van der Waals surface area contributed by atoms with E-state index in [1.54, 1.807) is 0 Å². The van der Waals surface area contributed by atoms with Crippen LogP contribution in [0.15, 0.2) is 60.7 Å². The first-order valence-corrected chi connectivity index (χ1v) is 12.2. The van der Waals surface area contributed by atoms with Gasteiger partial charge in [-0.2, -0.15) is 0 Å². The van der Waals surface area contributed by atoms with E-state index in [1.165, 1.54) is 0 Å². The minimum Gasteiger partial charge on any atom is -0.488 e. The highest BCUT2D eigenvalue weighted by atomic mass is 16.5. The molecule has 1 aliphatic rings. The van der Waals surface area contributed by atoms with Crippen molar-refractivity contribution >= 4 is 12.1 Å². The summed E-state index contributed by atoms with van der Waals surface area (Å²) in [7, 11) is 0. The van der Waals surface area contributed by atoms with E-state index in [1.807, 2.05) is 83.1 Å². The number of ether oxygens (including phenoxy) is 2. The number of aliphatic carboxylic acids is 1. The van der Waals surface area contributed by atoms with Crippen molar-refractivity contribution in [3.8, 4) is 16.9 Å². The summed E-state index contributed by atoms with van der Waals surface area (Å²) in [6, 6.07) is 18.8. The van der Waals surface area contributed by atoms with E-state index in [4.69, 9.17) is 9.47 Å². The Morgan fingerprint density at radius 1 is 0.944 bits per heavy atom. The molecule has 0 spiro atoms. The van der Waals surface area contributed by atoms with E-state index in [-0.39, 0.29) is 24.5 Å². The smallest absolute Gasteiger partial charge is 0.407 e. The van der Waals surface area contributed by atoms with Gasteiger partial charge in [-0.1, -0.05) is 48.5 Å². The molecule has 3 aromatic rings. The van der Waals surface area contributed by atoms with Gasteiger partial charge in [0.05, 0.1) is 0 Å². The van der Waals surface area contributed by atoms with Crippen molar-refractivity contribution in [3.05, 3.63) is 88.5 Å². The highest BCUT2D eigenvalue weighted by Gasteiger charge is 2.30. The Bertz CT molecular complexity index is 1220. The molecular formula is C30H33NO5. The molecule has 1 amide bonds. The van der Waals surface area contributed by atoms with Crippen LogP contribution in [0, 0.1) is 13.8 Å². The molecule has 3 aromatic carbocycles. The molecule has 36 heavy (non-hydrogen) atoms. The Hall–Kier alpha value is -3.80. The number of carbonyl (C=O) groups is 2. The van der Waals surface area contributed by atoms with Crippen molar-refractivity contribution in [1.29, 1.82) is 0 Å². The van der Waals surface area contributed by atoms with Crippen LogP contribution in [-0.4, -0.2) is 35.4 Å². The first-order valence-electron chi connectivity index (χ1n) is 12.2. The number of hydrogen-bond donors (Lipinski definition) is 2. The molecule has 0 radical (unpaired) electrons. The average molecular weight is 488 g/mol. The summed E-state index contributed by atoms with van der Waals surface area (Å²) in [6.07, 6.45) is -0.597. The van der Waals surface area contributed by atoms with Gasteiger partial charge < -0.3 is 19.9 Å². The lowest BCUT2D eigenvalue weighted by Gasteiger charge is -2.23. The Labute approximate surface area is 212 Å². The summed E-state index contributed by atoms with van der Waals surface area (Å²) >= 11 is 0. The monoisotopic (exact) mass is 487 g/mol. The second-order valence-corrected chi connectivity index (χ2v) is 10.3. The minimum absolute atomic E-state index is 0.0914. The number of hydrogen-bond acceptors (Lipinski definition) is 4. The number of carboxylic acids is 1. The zero-order chi connectivity index (χ0) is 26.0. The van der Waals surface area contributed by atoms with Crippen molar-refractivity contribution in [1.82, 2.24) is 5.32 Å². The largest absolute Gasteiger partial charge is 0.488 e. The van der Waals surface area contributed by atoms with E-state index in [2.05, 4.69) is 17.4 Å². The zero-order valence-corrected chi connectivity index (χ0v) is 21.4. The molecule has 4 rings (SSSR count). The van der Waals surface area contributed by atoms with Gasteiger partial charge in [-0.15, -0.1) is 0 Å². The van der Waals surface area contributed by atoms with Crippen LogP contribution in [0.1, 0.15) is 54.5 Å². The minimum atomic E-state index is -1.12. The van der Waals surface area contributed by atoms with Crippen molar-refractivity contribution in [2.24, 2.45) is 0 Å². The van der Waals surface area contributed by atoms with Crippen LogP contribution in [-0.2, 0) is 16.0 Å². The predicted molar refractivity (Wildman–Crippen MR) is 140 cm³/mol. The van der Waals surface area contributed by atoms with Crippen LogP contribution in [0.3, 0.4) is 0 Å². The molecule has 6 heteroatoms. The summed E-state index contributed by atoms with van der Waals surface area (Å²) in [4.78, 5) is 24.7. The molecule has 0 aromatic heterocycles. The van der Waals surface area contributed by atoms with Gasteiger partial charge in [0.15, 0.2) is 0 Å². The van der Waals surface area contributed by atoms with Crippen LogP contribution in [0.25, 0.3) is 11.1 Å². The zero-order valence-electron chi connectivity index (χ0n) is 21.4. The van der Waals surface area contributed by atoms with Gasteiger partial charge in [-0.3, -0.25) is 0 Å². The van der Waals surface area contributed by atoms with Crippen LogP contribution >= 0.6 is 0 Å². The maximum absolute atomic E-state index is 12.7. The van der Waals surface area contributed by atoms with Gasteiger partial charge in [0.1, 0.15) is 24.0 Å². The molecule has 6 nitrogen and oxygen atoms in total. The van der Waals surface area contributed by atoms with Crippen molar-refractivity contribution in [2.75, 3.05) is 6.61 Å². The summed E-state index contributed by atoms with van der Waals surface area (Å²) < 4.78 is 11.5. The molecule has 0 saturated heterocycles. The van der Waals surface area contributed by atoms with Crippen LogP contribution in [0.5, 0.6) is 5.75 Å². The van der Waals surface area contributed by atoms with E-state index < -0.39 is 18.1 Å². The Balaban J connectivity index is 1.44. The lowest BCUT2D eigenvalue weighted by Crippen LogP contribution is -2.43. The van der Waals surface area contributed by atoms with E-state index in [0.29, 0.717) is 0 Å². The topological polar surface area (TPSA) is 84.9 Å². The van der Waals surface area contributed by atoms with E-state index >= 15 is 0 Å². The fraction of sp³-hybridized carbons (Fsp3) is 0.333. The summed E-state index contributed by atoms with van der Waals surface area (Å²) in [6.45, 7) is 9.90. The molecule has 1 atom stereocenters. The van der Waals surface area contributed by atoms with Crippen molar-refractivity contribution < 1.29 is 24.2 Å². The fourth-order valence-electron chi connectivity index (χ4n) is 4.87. The van der Waals surface area contributed by atoms with Gasteiger partial charge in [-0.05, 0) is 85.7 Å². The molecule has 0 fully saturated rings. The lowest BCUT2D eigenvalue weighted by molar-refractivity contribution is -0.139. The van der Waals surface area contributed by atoms with Gasteiger partial charge in [0.2, 0.25) is 0 Å². The molecular weight excluding hydrogens is 454 g/mol. The maximum atomic E-state index is 12.7. The number of aryl methyl sites for hydroxylation is 2. The highest BCUT2D eigenvalue weighted by molar-refractivity contribution is 5.81. The van der Waals surface area contributed by atoms with Gasteiger partial charge in [0.25, 0.3) is 0 Å². The number of carboxylic acid groups (broad SMARTS) is 1. The Morgan fingerprint density at radius 2 is 1.47 bits per heavy atom. The average Bonchev–Trinajstić information content (AvgIpc) is 3.12. The molecule has 0 unspecified atom stereocenters. The first kappa shape index (κ1) is 25.3. The van der Waals surface area contributed by atoms with Crippen molar-refractivity contribution in [3.63, 3.8) is 0 Å². The SMILES string of the molecule is Cc1cc(OC(C)(C)C)cc(C)c1C[C@H](NC(=O)OCC1c2ccccc2-c2ccccc21)C(=O)O. The first-order chi connectivity index (χ1) is 17.0. The summed E-state index contributed by atoms with van der Waals surface area (Å²) in [5.74, 6) is -0.471. The number of nitrogens with one attached hydrogen (secondary N) is 1. The van der Waals surface area contributed by atoms with Gasteiger partial charge in [-0.25, -0.2) is 9.59 Å². The third-order valence-electron chi connectivity index (χ3n) is 6.44. The van der Waals surface area contributed by atoms with Crippen molar-refractivity contribution in [2.45, 2.75) is 58.6 Å². The third kappa shape index (κ3) is 5.54. The standard InChI is InChI=1S/C30H33NO5/c1-18-14-20(36-30(3,4)5)15-19(2)25(18)16-27(28(32)33)31-29(34)35-17-26-23-12-8-6-10-21(23)22-11-7-9-13-24(22)26/h6-15,26-27H,16-17H2,1-5H3,(H,31,34)(H,32,33)/t27-/m0/s1. The Morgan fingerprint density at radius 3 is 1.97 bits per heavy atom. The maximum Gasteiger partial charge on any atom is 0.407 e. The second kappa shape index (κ2) is 10.1. The molecule has 2 N–H and O–H groups in total. The number of amides is 1. The van der Waals surface area contributed by atoms with Crippen LogP contribution in [0.4, 0.5) is 4.79 Å². The predicted octanol–water partition coefficient (Wildman–Crippen LogP) is 6.02. The van der Waals surface area contributed by atoms with E-state index in [9.17, 15) is 14.7 Å². The second-order valence-electron chi connectivity index (χ2n) is 10.3. The number of rotatable bonds is 7. The summed E-state index contributed by atoms with van der Waals surface area (Å²) in [5, 5.41) is 12.4. The highest BCUT2D eigenvalue weighted by Crippen LogP contribution is 2.44. The molecule has 0 bridgehead atoms. The number of fused-ring (bicyclic) bond motifs is 3. The van der Waals surface area contributed by atoms with Crippen LogP contribution < -0.4 is 10.1 Å². The molecule has 0 aliphatic heterocycles. The third-order valence-corrected chi connectivity index (χ3v) is 6.44. The molecule has 0 heterocycles. The lowest BCUT2D eigenvalue weighted by atomic mass is 9.96. The number of benzene rings is 3. The van der Waals surface area contributed by atoms with Crippen LogP contribution in [0.2, 0.25) is 0 Å². The number of carbonyl (C=O) groups excluding carboxylic acids is 1. The molecule has 0 saturated carbocycles. The molecule has 188 valence electrons. The Kier molecular flexibility index (Phi) is 7.07.